The fourth-order valence-corrected chi connectivity index (χ4v) is 4.01. The van der Waals surface area contributed by atoms with Gasteiger partial charge in [-0.05, 0) is 49.1 Å². The Morgan fingerprint density at radius 2 is 1.93 bits per heavy atom. The molecule has 0 amide bonds. The van der Waals surface area contributed by atoms with E-state index >= 15 is 0 Å². The molecular weight excluding hydrogens is 348 g/mol. The maximum absolute atomic E-state index is 4.54. The number of guanidine groups is 1. The highest BCUT2D eigenvalue weighted by atomic mass is 15.2. The van der Waals surface area contributed by atoms with E-state index in [9.17, 15) is 0 Å². The second kappa shape index (κ2) is 8.95. The number of nitrogens with one attached hydrogen (secondary N) is 2. The van der Waals surface area contributed by atoms with Gasteiger partial charge in [0.05, 0.1) is 0 Å². The average Bonchev–Trinajstić information content (AvgIpc) is 3.44. The zero-order valence-electron chi connectivity index (χ0n) is 16.6. The van der Waals surface area contributed by atoms with Gasteiger partial charge >= 0.3 is 0 Å². The minimum atomic E-state index is 0.406. The van der Waals surface area contributed by atoms with Crippen molar-refractivity contribution < 1.29 is 0 Å². The molecule has 28 heavy (non-hydrogen) atoms. The molecule has 2 saturated heterocycles. The zero-order chi connectivity index (χ0) is 19.2. The van der Waals surface area contributed by atoms with Crippen molar-refractivity contribution in [1.29, 1.82) is 0 Å². The fraction of sp³-hybridized carbons (Fsp3) is 0.455. The van der Waals surface area contributed by atoms with Crippen molar-refractivity contribution >= 4 is 17.5 Å². The molecule has 6 heteroatoms. The van der Waals surface area contributed by atoms with Crippen molar-refractivity contribution in [2.45, 2.75) is 31.8 Å². The molecule has 2 aliphatic heterocycles. The lowest BCUT2D eigenvalue weighted by Crippen LogP contribution is -2.44. The van der Waals surface area contributed by atoms with Crippen LogP contribution in [0.1, 0.15) is 24.8 Å². The summed E-state index contributed by atoms with van der Waals surface area (Å²) in [6.07, 6.45) is 5.56. The lowest BCUT2D eigenvalue weighted by molar-refractivity contribution is 0.648. The van der Waals surface area contributed by atoms with Crippen LogP contribution >= 0.6 is 0 Å². The molecule has 2 aliphatic rings. The third-order valence-electron chi connectivity index (χ3n) is 5.57. The van der Waals surface area contributed by atoms with Crippen molar-refractivity contribution in [2.75, 3.05) is 43.0 Å². The summed E-state index contributed by atoms with van der Waals surface area (Å²) >= 11 is 0. The Labute approximate surface area is 167 Å². The fourth-order valence-electron chi connectivity index (χ4n) is 4.01. The normalized spacial score (nSPS) is 19.9. The van der Waals surface area contributed by atoms with E-state index in [4.69, 9.17) is 0 Å². The van der Waals surface area contributed by atoms with Crippen LogP contribution in [0, 0.1) is 0 Å². The summed E-state index contributed by atoms with van der Waals surface area (Å²) in [7, 11) is 1.83. The van der Waals surface area contributed by atoms with Crippen LogP contribution in [0.3, 0.4) is 0 Å². The first-order valence-corrected chi connectivity index (χ1v) is 10.3. The number of nitrogens with zero attached hydrogens (tertiary/aromatic N) is 4. The van der Waals surface area contributed by atoms with Crippen molar-refractivity contribution in [1.82, 2.24) is 15.6 Å². The quantitative estimate of drug-likeness (QED) is 0.619. The van der Waals surface area contributed by atoms with E-state index in [1.165, 1.54) is 24.1 Å². The molecule has 2 N–H and O–H groups in total. The van der Waals surface area contributed by atoms with Gasteiger partial charge in [0.15, 0.2) is 5.96 Å². The van der Waals surface area contributed by atoms with E-state index in [0.717, 1.165) is 50.9 Å². The summed E-state index contributed by atoms with van der Waals surface area (Å²) < 4.78 is 0. The third kappa shape index (κ3) is 4.55. The summed E-state index contributed by atoms with van der Waals surface area (Å²) in [6, 6.07) is 15.3. The van der Waals surface area contributed by atoms with Crippen LogP contribution in [0.15, 0.2) is 53.7 Å². The number of para-hydroxylation sites is 1. The molecule has 0 radical (unpaired) electrons. The molecule has 0 saturated carbocycles. The Hall–Kier alpha value is -2.76. The molecule has 2 aromatic rings. The molecule has 6 nitrogen and oxygen atoms in total. The van der Waals surface area contributed by atoms with E-state index in [0.29, 0.717) is 6.04 Å². The predicted octanol–water partition coefficient (Wildman–Crippen LogP) is 2.63. The van der Waals surface area contributed by atoms with Gasteiger partial charge in [-0.1, -0.05) is 18.2 Å². The van der Waals surface area contributed by atoms with Gasteiger partial charge in [0.1, 0.15) is 5.82 Å². The van der Waals surface area contributed by atoms with Gasteiger partial charge in [-0.15, -0.1) is 0 Å². The molecule has 0 spiro atoms. The Morgan fingerprint density at radius 3 is 2.71 bits per heavy atom. The van der Waals surface area contributed by atoms with Crippen molar-refractivity contribution in [3.8, 4) is 0 Å². The van der Waals surface area contributed by atoms with Crippen LogP contribution in [0.2, 0.25) is 0 Å². The van der Waals surface area contributed by atoms with Crippen LogP contribution in [-0.4, -0.2) is 50.2 Å². The van der Waals surface area contributed by atoms with Crippen LogP contribution in [0.4, 0.5) is 11.5 Å². The van der Waals surface area contributed by atoms with Gasteiger partial charge in [0.25, 0.3) is 0 Å². The summed E-state index contributed by atoms with van der Waals surface area (Å²) in [5.41, 5.74) is 2.53. The number of aromatic nitrogens is 1. The average molecular weight is 379 g/mol. The molecule has 0 bridgehead atoms. The smallest absolute Gasteiger partial charge is 0.191 e. The number of aliphatic imine (C=N–C) groups is 1. The number of anilines is 2. The van der Waals surface area contributed by atoms with E-state index in [1.807, 2.05) is 13.2 Å². The van der Waals surface area contributed by atoms with Gasteiger partial charge in [-0.25, -0.2) is 4.98 Å². The van der Waals surface area contributed by atoms with Gasteiger partial charge < -0.3 is 20.4 Å². The van der Waals surface area contributed by atoms with E-state index in [-0.39, 0.29) is 0 Å². The molecule has 1 unspecified atom stereocenters. The molecule has 1 aromatic carbocycles. The Balaban J connectivity index is 1.29. The lowest BCUT2D eigenvalue weighted by atomic mass is 10.2. The first-order chi connectivity index (χ1) is 13.8. The molecule has 1 aromatic heterocycles. The SMILES string of the molecule is CN=C(NCc1ccnc(N2CCCC2)c1)NC1CCN(c2ccccc2)C1. The number of hydrogen-bond acceptors (Lipinski definition) is 4. The van der Waals surface area contributed by atoms with Crippen molar-refractivity contribution in [3.63, 3.8) is 0 Å². The number of benzene rings is 1. The highest BCUT2D eigenvalue weighted by Gasteiger charge is 2.23. The summed E-state index contributed by atoms with van der Waals surface area (Å²) in [4.78, 5) is 13.7. The Kier molecular flexibility index (Phi) is 5.95. The van der Waals surface area contributed by atoms with E-state index in [1.54, 1.807) is 0 Å². The number of pyridine rings is 1. The van der Waals surface area contributed by atoms with Crippen LogP contribution in [0.25, 0.3) is 0 Å². The van der Waals surface area contributed by atoms with E-state index < -0.39 is 0 Å². The second-order valence-electron chi connectivity index (χ2n) is 7.55. The molecule has 2 fully saturated rings. The predicted molar refractivity (Wildman–Crippen MR) is 116 cm³/mol. The summed E-state index contributed by atoms with van der Waals surface area (Å²) in [6.45, 7) is 5.05. The summed E-state index contributed by atoms with van der Waals surface area (Å²) in [5.74, 6) is 1.95. The van der Waals surface area contributed by atoms with Crippen molar-refractivity contribution in [2.24, 2.45) is 4.99 Å². The monoisotopic (exact) mass is 378 g/mol. The first kappa shape index (κ1) is 18.6. The number of hydrogen-bond donors (Lipinski definition) is 2. The van der Waals surface area contributed by atoms with Gasteiger partial charge in [-0.3, -0.25) is 4.99 Å². The van der Waals surface area contributed by atoms with Crippen LogP contribution in [0.5, 0.6) is 0 Å². The van der Waals surface area contributed by atoms with Gasteiger partial charge in [-0.2, -0.15) is 0 Å². The largest absolute Gasteiger partial charge is 0.369 e. The van der Waals surface area contributed by atoms with Crippen LogP contribution < -0.4 is 20.4 Å². The van der Waals surface area contributed by atoms with Gasteiger partial charge in [0.2, 0.25) is 0 Å². The first-order valence-electron chi connectivity index (χ1n) is 10.3. The van der Waals surface area contributed by atoms with Crippen LogP contribution in [-0.2, 0) is 6.54 Å². The second-order valence-corrected chi connectivity index (χ2v) is 7.55. The molecule has 3 heterocycles. The zero-order valence-corrected chi connectivity index (χ0v) is 16.6. The Morgan fingerprint density at radius 1 is 1.11 bits per heavy atom. The molecule has 148 valence electrons. The Bertz CT molecular complexity index is 785. The highest BCUT2D eigenvalue weighted by molar-refractivity contribution is 5.80. The number of rotatable bonds is 5. The molecular formula is C22H30N6. The standard InChI is InChI=1S/C22H30N6/c1-23-22(26-19-10-14-28(17-19)20-7-3-2-4-8-20)25-16-18-9-11-24-21(15-18)27-12-5-6-13-27/h2-4,7-9,11,15,19H,5-6,10,12-14,16-17H2,1H3,(H2,23,25,26). The van der Waals surface area contributed by atoms with Gasteiger partial charge in [0, 0.05) is 57.7 Å². The third-order valence-corrected chi connectivity index (χ3v) is 5.57. The topological polar surface area (TPSA) is 55.8 Å². The maximum Gasteiger partial charge on any atom is 0.191 e. The maximum atomic E-state index is 4.54. The lowest BCUT2D eigenvalue weighted by Gasteiger charge is -2.21. The minimum Gasteiger partial charge on any atom is -0.369 e. The molecule has 1 atom stereocenters. The highest BCUT2D eigenvalue weighted by Crippen LogP contribution is 2.20. The molecule has 0 aliphatic carbocycles. The minimum absolute atomic E-state index is 0.406. The summed E-state index contributed by atoms with van der Waals surface area (Å²) in [5, 5.41) is 7.04. The van der Waals surface area contributed by atoms with Crippen molar-refractivity contribution in [3.05, 3.63) is 54.2 Å². The molecule has 4 rings (SSSR count). The van der Waals surface area contributed by atoms with E-state index in [2.05, 4.69) is 72.9 Å².